The Balaban J connectivity index is 2.42. The Bertz CT molecular complexity index is 175. The summed E-state index contributed by atoms with van der Waals surface area (Å²) < 4.78 is 5.06. The standard InChI is InChI=1S/C9H16ClNO2/c1-13-7-8-3-2-6-11(8)9(12)4-5-10/h8H,2-7H2,1H3. The number of likely N-dealkylation sites (tertiary alicyclic amines) is 1. The summed E-state index contributed by atoms with van der Waals surface area (Å²) in [6, 6.07) is 0.278. The highest BCUT2D eigenvalue weighted by Crippen LogP contribution is 2.18. The molecule has 3 nitrogen and oxygen atoms in total. The SMILES string of the molecule is COCC1CCCN1C(=O)CCCl. The summed E-state index contributed by atoms with van der Waals surface area (Å²) in [5.74, 6) is 0.573. The van der Waals surface area contributed by atoms with Gasteiger partial charge in [0, 0.05) is 26.0 Å². The van der Waals surface area contributed by atoms with Gasteiger partial charge in [0.15, 0.2) is 0 Å². The van der Waals surface area contributed by atoms with Gasteiger partial charge in [0.1, 0.15) is 0 Å². The fourth-order valence-electron chi connectivity index (χ4n) is 1.75. The van der Waals surface area contributed by atoms with E-state index >= 15 is 0 Å². The van der Waals surface area contributed by atoms with Crippen molar-refractivity contribution in [1.82, 2.24) is 4.90 Å². The molecule has 1 amide bonds. The number of ether oxygens (including phenoxy) is 1. The minimum absolute atomic E-state index is 0.162. The Morgan fingerprint density at radius 3 is 3.08 bits per heavy atom. The van der Waals surface area contributed by atoms with Crippen LogP contribution in [0.1, 0.15) is 19.3 Å². The third-order valence-electron chi connectivity index (χ3n) is 2.36. The average molecular weight is 206 g/mol. The summed E-state index contributed by atoms with van der Waals surface area (Å²) in [6.07, 6.45) is 2.59. The van der Waals surface area contributed by atoms with Crippen LogP contribution in [-0.4, -0.2) is 43.0 Å². The summed E-state index contributed by atoms with van der Waals surface area (Å²) in [5.41, 5.74) is 0. The monoisotopic (exact) mass is 205 g/mol. The lowest BCUT2D eigenvalue weighted by Crippen LogP contribution is -2.38. The highest BCUT2D eigenvalue weighted by Gasteiger charge is 2.27. The first kappa shape index (κ1) is 10.8. The van der Waals surface area contributed by atoms with Crippen molar-refractivity contribution in [2.75, 3.05) is 26.1 Å². The van der Waals surface area contributed by atoms with Crippen molar-refractivity contribution in [3.63, 3.8) is 0 Å². The molecule has 0 radical (unpaired) electrons. The zero-order valence-corrected chi connectivity index (χ0v) is 8.72. The van der Waals surface area contributed by atoms with E-state index in [1.165, 1.54) is 0 Å². The van der Waals surface area contributed by atoms with Gasteiger partial charge in [-0.1, -0.05) is 0 Å². The summed E-state index contributed by atoms with van der Waals surface area (Å²) in [6.45, 7) is 1.51. The highest BCUT2D eigenvalue weighted by atomic mass is 35.5. The number of carbonyl (C=O) groups excluding carboxylic acids is 1. The van der Waals surface area contributed by atoms with Crippen LogP contribution in [0.2, 0.25) is 0 Å². The molecule has 1 rings (SSSR count). The molecule has 0 saturated carbocycles. The lowest BCUT2D eigenvalue weighted by molar-refractivity contribution is -0.132. The molecular weight excluding hydrogens is 190 g/mol. The van der Waals surface area contributed by atoms with E-state index in [-0.39, 0.29) is 11.9 Å². The number of alkyl halides is 1. The molecule has 4 heteroatoms. The molecule has 1 atom stereocenters. The molecule has 1 fully saturated rings. The van der Waals surface area contributed by atoms with Crippen LogP contribution in [0.3, 0.4) is 0 Å². The summed E-state index contributed by atoms with van der Waals surface area (Å²) >= 11 is 5.52. The lowest BCUT2D eigenvalue weighted by Gasteiger charge is -2.23. The minimum atomic E-state index is 0.162. The van der Waals surface area contributed by atoms with Gasteiger partial charge in [-0.25, -0.2) is 0 Å². The van der Waals surface area contributed by atoms with E-state index < -0.39 is 0 Å². The van der Waals surface area contributed by atoms with Gasteiger partial charge in [-0.05, 0) is 12.8 Å². The first-order chi connectivity index (χ1) is 6.29. The first-order valence-electron chi connectivity index (χ1n) is 4.64. The number of halogens is 1. The number of methoxy groups -OCH3 is 1. The minimum Gasteiger partial charge on any atom is -0.383 e. The number of amides is 1. The second-order valence-electron chi connectivity index (χ2n) is 3.28. The Kier molecular flexibility index (Phi) is 4.53. The van der Waals surface area contributed by atoms with Crippen LogP contribution in [0.15, 0.2) is 0 Å². The van der Waals surface area contributed by atoms with E-state index in [4.69, 9.17) is 16.3 Å². The number of carbonyl (C=O) groups is 1. The van der Waals surface area contributed by atoms with E-state index in [1.807, 2.05) is 4.90 Å². The molecule has 0 spiro atoms. The van der Waals surface area contributed by atoms with E-state index in [0.29, 0.717) is 18.9 Å². The van der Waals surface area contributed by atoms with Crippen LogP contribution in [0.5, 0.6) is 0 Å². The molecule has 0 aromatic heterocycles. The molecule has 0 N–H and O–H groups in total. The van der Waals surface area contributed by atoms with E-state index in [1.54, 1.807) is 7.11 Å². The molecule has 13 heavy (non-hydrogen) atoms. The van der Waals surface area contributed by atoms with Gasteiger partial charge >= 0.3 is 0 Å². The summed E-state index contributed by atoms with van der Waals surface area (Å²) in [4.78, 5) is 13.4. The van der Waals surface area contributed by atoms with Crippen molar-refractivity contribution in [2.45, 2.75) is 25.3 Å². The largest absolute Gasteiger partial charge is 0.383 e. The maximum atomic E-state index is 11.5. The predicted molar refractivity (Wildman–Crippen MR) is 51.9 cm³/mol. The summed E-state index contributed by atoms with van der Waals surface area (Å²) in [5, 5.41) is 0. The number of hydrogen-bond acceptors (Lipinski definition) is 2. The fourth-order valence-corrected chi connectivity index (χ4v) is 1.92. The van der Waals surface area contributed by atoms with Crippen molar-refractivity contribution in [1.29, 1.82) is 0 Å². The van der Waals surface area contributed by atoms with Crippen molar-refractivity contribution in [2.24, 2.45) is 0 Å². The Morgan fingerprint density at radius 1 is 1.69 bits per heavy atom. The number of nitrogens with zero attached hydrogens (tertiary/aromatic N) is 1. The molecule has 0 aliphatic carbocycles. The van der Waals surface area contributed by atoms with Gasteiger partial charge in [-0.2, -0.15) is 0 Å². The van der Waals surface area contributed by atoms with Crippen LogP contribution in [0, 0.1) is 0 Å². The number of rotatable bonds is 4. The van der Waals surface area contributed by atoms with Gasteiger partial charge in [0.05, 0.1) is 12.6 Å². The van der Waals surface area contributed by atoms with E-state index in [0.717, 1.165) is 19.4 Å². The van der Waals surface area contributed by atoms with Crippen molar-refractivity contribution in [3.05, 3.63) is 0 Å². The Labute approximate surface area is 84.0 Å². The molecule has 76 valence electrons. The topological polar surface area (TPSA) is 29.5 Å². The van der Waals surface area contributed by atoms with Gasteiger partial charge in [-0.3, -0.25) is 4.79 Å². The molecule has 1 heterocycles. The van der Waals surface area contributed by atoms with Gasteiger partial charge in [-0.15, -0.1) is 11.6 Å². The van der Waals surface area contributed by atoms with Crippen LogP contribution in [0.25, 0.3) is 0 Å². The third kappa shape index (κ3) is 2.85. The maximum absolute atomic E-state index is 11.5. The molecule has 1 aliphatic rings. The van der Waals surface area contributed by atoms with Gasteiger partial charge in [0.2, 0.25) is 5.91 Å². The van der Waals surface area contributed by atoms with Crippen LogP contribution in [-0.2, 0) is 9.53 Å². The van der Waals surface area contributed by atoms with Crippen LogP contribution in [0.4, 0.5) is 0 Å². The lowest BCUT2D eigenvalue weighted by atomic mass is 10.2. The Morgan fingerprint density at radius 2 is 2.46 bits per heavy atom. The zero-order valence-electron chi connectivity index (χ0n) is 7.96. The highest BCUT2D eigenvalue weighted by molar-refractivity contribution is 6.18. The molecule has 0 bridgehead atoms. The Hall–Kier alpha value is -0.280. The van der Waals surface area contributed by atoms with E-state index in [9.17, 15) is 4.79 Å². The first-order valence-corrected chi connectivity index (χ1v) is 5.17. The van der Waals surface area contributed by atoms with Crippen molar-refractivity contribution in [3.8, 4) is 0 Å². The second-order valence-corrected chi connectivity index (χ2v) is 3.66. The molecule has 1 aliphatic heterocycles. The number of hydrogen-bond donors (Lipinski definition) is 0. The normalized spacial score (nSPS) is 22.3. The molecule has 0 aromatic rings. The smallest absolute Gasteiger partial charge is 0.224 e. The molecule has 0 aromatic carbocycles. The fraction of sp³-hybridized carbons (Fsp3) is 0.889. The maximum Gasteiger partial charge on any atom is 0.224 e. The van der Waals surface area contributed by atoms with Crippen LogP contribution >= 0.6 is 11.6 Å². The van der Waals surface area contributed by atoms with Gasteiger partial charge in [0.25, 0.3) is 0 Å². The quantitative estimate of drug-likeness (QED) is 0.647. The van der Waals surface area contributed by atoms with Crippen molar-refractivity contribution >= 4 is 17.5 Å². The second kappa shape index (κ2) is 5.45. The van der Waals surface area contributed by atoms with Crippen molar-refractivity contribution < 1.29 is 9.53 Å². The third-order valence-corrected chi connectivity index (χ3v) is 2.55. The van der Waals surface area contributed by atoms with Gasteiger partial charge < -0.3 is 9.64 Å². The predicted octanol–water partition coefficient (Wildman–Crippen LogP) is 1.25. The average Bonchev–Trinajstić information content (AvgIpc) is 2.54. The van der Waals surface area contributed by atoms with E-state index in [2.05, 4.69) is 0 Å². The van der Waals surface area contributed by atoms with Crippen LogP contribution < -0.4 is 0 Å². The molecule has 1 saturated heterocycles. The summed E-state index contributed by atoms with van der Waals surface area (Å²) in [7, 11) is 1.67. The zero-order chi connectivity index (χ0) is 9.68. The molecular formula is C9H16ClNO2. The molecule has 1 unspecified atom stereocenters.